The number of ether oxygens (including phenoxy) is 1. The number of benzene rings is 1. The molecule has 6 heteroatoms. The van der Waals surface area contributed by atoms with Crippen LogP contribution in [-0.4, -0.2) is 39.4 Å². The molecular weight excluding hydrogens is 290 g/mol. The molecule has 0 heterocycles. The van der Waals surface area contributed by atoms with E-state index >= 15 is 0 Å². The van der Waals surface area contributed by atoms with Gasteiger partial charge in [0.05, 0.1) is 18.4 Å². The van der Waals surface area contributed by atoms with Crippen LogP contribution in [-0.2, 0) is 26.0 Å². The standard InChI is InChI=1S/C15H21NO4S/c1-11-8-13(11)10-16(2)21(18,19)14-6-4-12(5-7-14)9-15(17)20-3/h4-7,11,13H,8-10H2,1-3H3. The maximum absolute atomic E-state index is 12.4. The van der Waals surface area contributed by atoms with Crippen LogP contribution in [0.5, 0.6) is 0 Å². The highest BCUT2D eigenvalue weighted by Gasteiger charge is 2.36. The number of carbonyl (C=O) groups excluding carboxylic acids is 1. The molecule has 0 spiro atoms. The Morgan fingerprint density at radius 1 is 1.33 bits per heavy atom. The quantitative estimate of drug-likeness (QED) is 0.750. The van der Waals surface area contributed by atoms with Gasteiger partial charge >= 0.3 is 5.97 Å². The van der Waals surface area contributed by atoms with Gasteiger partial charge in [0.25, 0.3) is 0 Å². The van der Waals surface area contributed by atoms with Crippen LogP contribution in [0.25, 0.3) is 0 Å². The Bertz CT molecular complexity index is 609. The zero-order chi connectivity index (χ0) is 15.6. The summed E-state index contributed by atoms with van der Waals surface area (Å²) in [6.45, 7) is 2.69. The second-order valence-corrected chi connectivity index (χ2v) is 7.70. The number of hydrogen-bond acceptors (Lipinski definition) is 4. The first kappa shape index (κ1) is 16.0. The molecule has 116 valence electrons. The van der Waals surface area contributed by atoms with Gasteiger partial charge in [0.1, 0.15) is 0 Å². The number of nitrogens with zero attached hydrogens (tertiary/aromatic N) is 1. The molecule has 1 fully saturated rings. The fraction of sp³-hybridized carbons (Fsp3) is 0.533. The maximum Gasteiger partial charge on any atom is 0.309 e. The minimum Gasteiger partial charge on any atom is -0.469 e. The second kappa shape index (κ2) is 6.15. The van der Waals surface area contributed by atoms with Crippen LogP contribution in [0, 0.1) is 11.8 Å². The lowest BCUT2D eigenvalue weighted by atomic mass is 10.2. The SMILES string of the molecule is COC(=O)Cc1ccc(S(=O)(=O)N(C)CC2CC2C)cc1. The number of sulfonamides is 1. The summed E-state index contributed by atoms with van der Waals surface area (Å²) in [5.41, 5.74) is 0.735. The molecule has 0 bridgehead atoms. The zero-order valence-electron chi connectivity index (χ0n) is 12.6. The van der Waals surface area contributed by atoms with Crippen molar-refractivity contribution in [2.45, 2.75) is 24.7 Å². The summed E-state index contributed by atoms with van der Waals surface area (Å²) in [6, 6.07) is 6.38. The van der Waals surface area contributed by atoms with Crippen molar-refractivity contribution in [1.82, 2.24) is 4.31 Å². The highest BCUT2D eigenvalue weighted by atomic mass is 32.2. The third-order valence-electron chi connectivity index (χ3n) is 3.98. The second-order valence-electron chi connectivity index (χ2n) is 5.66. The van der Waals surface area contributed by atoms with E-state index in [9.17, 15) is 13.2 Å². The molecule has 2 unspecified atom stereocenters. The highest BCUT2D eigenvalue weighted by Crippen LogP contribution is 2.38. The smallest absolute Gasteiger partial charge is 0.309 e. The molecule has 0 aromatic heterocycles. The zero-order valence-corrected chi connectivity index (χ0v) is 13.4. The van der Waals surface area contributed by atoms with E-state index in [0.29, 0.717) is 18.4 Å². The fourth-order valence-electron chi connectivity index (χ4n) is 2.28. The minimum absolute atomic E-state index is 0.145. The van der Waals surface area contributed by atoms with Crippen LogP contribution in [0.1, 0.15) is 18.9 Å². The third-order valence-corrected chi connectivity index (χ3v) is 5.81. The summed E-state index contributed by atoms with van der Waals surface area (Å²) in [7, 11) is -0.509. The van der Waals surface area contributed by atoms with Crippen molar-refractivity contribution in [1.29, 1.82) is 0 Å². The van der Waals surface area contributed by atoms with E-state index in [1.807, 2.05) is 0 Å². The number of hydrogen-bond donors (Lipinski definition) is 0. The highest BCUT2D eigenvalue weighted by molar-refractivity contribution is 7.89. The molecule has 0 amide bonds. The number of methoxy groups -OCH3 is 1. The van der Waals surface area contributed by atoms with E-state index in [4.69, 9.17) is 0 Å². The van der Waals surface area contributed by atoms with E-state index < -0.39 is 10.0 Å². The van der Waals surface area contributed by atoms with E-state index in [-0.39, 0.29) is 17.3 Å². The van der Waals surface area contributed by atoms with Crippen LogP contribution in [0.15, 0.2) is 29.2 Å². The average Bonchev–Trinajstić information content (AvgIpc) is 3.14. The lowest BCUT2D eigenvalue weighted by Crippen LogP contribution is -2.29. The van der Waals surface area contributed by atoms with Crippen molar-refractivity contribution in [2.75, 3.05) is 20.7 Å². The molecule has 0 aliphatic heterocycles. The normalized spacial score (nSPS) is 21.3. The van der Waals surface area contributed by atoms with Crippen molar-refractivity contribution >= 4 is 16.0 Å². The van der Waals surface area contributed by atoms with Gasteiger partial charge in [-0.15, -0.1) is 0 Å². The molecular formula is C15H21NO4S. The van der Waals surface area contributed by atoms with Gasteiger partial charge in [0.15, 0.2) is 0 Å². The van der Waals surface area contributed by atoms with Crippen LogP contribution >= 0.6 is 0 Å². The fourth-order valence-corrected chi connectivity index (χ4v) is 3.51. The van der Waals surface area contributed by atoms with E-state index in [1.165, 1.54) is 11.4 Å². The molecule has 1 saturated carbocycles. The topological polar surface area (TPSA) is 63.7 Å². The van der Waals surface area contributed by atoms with Gasteiger partial charge in [-0.25, -0.2) is 12.7 Å². The van der Waals surface area contributed by atoms with Gasteiger partial charge in [-0.05, 0) is 36.0 Å². The number of rotatable bonds is 6. The van der Waals surface area contributed by atoms with Crippen molar-refractivity contribution in [3.05, 3.63) is 29.8 Å². The summed E-state index contributed by atoms with van der Waals surface area (Å²) in [6.07, 6.45) is 1.24. The van der Waals surface area contributed by atoms with E-state index in [2.05, 4.69) is 11.7 Å². The maximum atomic E-state index is 12.4. The van der Waals surface area contributed by atoms with Crippen LogP contribution in [0.2, 0.25) is 0 Å². The van der Waals surface area contributed by atoms with Crippen molar-refractivity contribution in [2.24, 2.45) is 11.8 Å². The molecule has 2 atom stereocenters. The Balaban J connectivity index is 2.07. The Hall–Kier alpha value is -1.40. The third kappa shape index (κ3) is 3.83. The Kier molecular flexibility index (Phi) is 4.68. The van der Waals surface area contributed by atoms with Crippen molar-refractivity contribution < 1.29 is 17.9 Å². The Morgan fingerprint density at radius 3 is 2.38 bits per heavy atom. The first-order valence-corrected chi connectivity index (χ1v) is 8.40. The van der Waals surface area contributed by atoms with Gasteiger partial charge in [0, 0.05) is 13.6 Å². The van der Waals surface area contributed by atoms with Crippen molar-refractivity contribution in [3.63, 3.8) is 0 Å². The number of carbonyl (C=O) groups is 1. The summed E-state index contributed by atoms with van der Waals surface area (Å²) in [5.74, 6) is 0.749. The summed E-state index contributed by atoms with van der Waals surface area (Å²) < 4.78 is 30.9. The molecule has 0 N–H and O–H groups in total. The summed E-state index contributed by atoms with van der Waals surface area (Å²) in [4.78, 5) is 11.4. The van der Waals surface area contributed by atoms with Crippen molar-refractivity contribution in [3.8, 4) is 0 Å². The van der Waals surface area contributed by atoms with Crippen LogP contribution < -0.4 is 0 Å². The molecule has 2 rings (SSSR count). The predicted molar refractivity (Wildman–Crippen MR) is 79.2 cm³/mol. The molecule has 1 aliphatic rings. The molecule has 1 aromatic carbocycles. The van der Waals surface area contributed by atoms with Gasteiger partial charge in [-0.3, -0.25) is 4.79 Å². The van der Waals surface area contributed by atoms with E-state index in [1.54, 1.807) is 31.3 Å². The first-order valence-electron chi connectivity index (χ1n) is 6.96. The molecule has 0 radical (unpaired) electrons. The number of esters is 1. The lowest BCUT2D eigenvalue weighted by molar-refractivity contribution is -0.139. The van der Waals surface area contributed by atoms with Gasteiger partial charge in [-0.1, -0.05) is 19.1 Å². The molecule has 0 saturated heterocycles. The van der Waals surface area contributed by atoms with Gasteiger partial charge in [-0.2, -0.15) is 0 Å². The molecule has 1 aliphatic carbocycles. The van der Waals surface area contributed by atoms with Crippen LogP contribution in [0.3, 0.4) is 0 Å². The van der Waals surface area contributed by atoms with E-state index in [0.717, 1.165) is 12.0 Å². The summed E-state index contributed by atoms with van der Waals surface area (Å²) in [5, 5.41) is 0. The molecule has 1 aromatic rings. The summed E-state index contributed by atoms with van der Waals surface area (Å²) >= 11 is 0. The lowest BCUT2D eigenvalue weighted by Gasteiger charge is -2.17. The Morgan fingerprint density at radius 2 is 1.90 bits per heavy atom. The minimum atomic E-state index is -3.45. The van der Waals surface area contributed by atoms with Gasteiger partial charge in [0.2, 0.25) is 10.0 Å². The largest absolute Gasteiger partial charge is 0.469 e. The van der Waals surface area contributed by atoms with Crippen LogP contribution in [0.4, 0.5) is 0 Å². The predicted octanol–water partition coefficient (Wildman–Crippen LogP) is 1.68. The first-order chi connectivity index (χ1) is 9.84. The monoisotopic (exact) mass is 311 g/mol. The average molecular weight is 311 g/mol. The molecule has 5 nitrogen and oxygen atoms in total. The van der Waals surface area contributed by atoms with Gasteiger partial charge < -0.3 is 4.74 Å². The Labute approximate surface area is 126 Å². The molecule has 21 heavy (non-hydrogen) atoms.